The maximum absolute atomic E-state index is 10.7. The van der Waals surface area contributed by atoms with Gasteiger partial charge in [-0.15, -0.1) is 22.7 Å². The minimum atomic E-state index is -1.20. The van der Waals surface area contributed by atoms with E-state index in [2.05, 4.69) is 9.47 Å². The van der Waals surface area contributed by atoms with Crippen LogP contribution in [-0.2, 0) is 19.1 Å². The van der Waals surface area contributed by atoms with Crippen molar-refractivity contribution in [1.29, 1.82) is 0 Å². The van der Waals surface area contributed by atoms with Gasteiger partial charge in [-0.05, 0) is 22.9 Å². The third-order valence-electron chi connectivity index (χ3n) is 2.63. The zero-order valence-electron chi connectivity index (χ0n) is 14.3. The number of carbonyl (C=O) groups excluding carboxylic acids is 4. The van der Waals surface area contributed by atoms with Crippen LogP contribution in [0.25, 0.3) is 0 Å². The third-order valence-corrected chi connectivity index (χ3v) is 4.43. The Morgan fingerprint density at radius 2 is 1.46 bits per heavy atom. The van der Waals surface area contributed by atoms with Crippen molar-refractivity contribution in [2.45, 2.75) is 13.8 Å². The van der Waals surface area contributed by atoms with Crippen molar-refractivity contribution in [3.05, 3.63) is 43.8 Å². The van der Waals surface area contributed by atoms with Gasteiger partial charge in [-0.1, -0.05) is 0 Å². The fraction of sp³-hybridized carbons (Fsp3) is 0.125. The molecular weight excluding hydrogens is 416 g/mol. The lowest BCUT2D eigenvalue weighted by Crippen LogP contribution is -2.03. The molecule has 10 nitrogen and oxygen atoms in total. The normalized spacial score (nSPS) is 11.1. The van der Waals surface area contributed by atoms with E-state index in [1.54, 1.807) is 11.4 Å². The number of rotatable bonds is 2. The van der Waals surface area contributed by atoms with E-state index in [4.69, 9.17) is 10.2 Å². The first-order chi connectivity index (χ1) is 13.0. The average molecular weight is 428 g/mol. The number of hydrogen-bond acceptors (Lipinski definition) is 10. The summed E-state index contributed by atoms with van der Waals surface area (Å²) in [7, 11) is 0. The summed E-state index contributed by atoms with van der Waals surface area (Å²) in [6, 6.07) is 2.86. The predicted octanol–water partition coefficient (Wildman–Crippen LogP) is 2.30. The van der Waals surface area contributed by atoms with Crippen molar-refractivity contribution in [3.8, 4) is 0 Å². The molecule has 3 rings (SSSR count). The Labute approximate surface area is 164 Å². The number of fused-ring (bicyclic) bond motifs is 1. The summed E-state index contributed by atoms with van der Waals surface area (Å²) in [5.41, 5.74) is 0.248. The number of carboxylic acids is 2. The van der Waals surface area contributed by atoms with Crippen molar-refractivity contribution < 1.29 is 48.5 Å². The first-order valence-corrected chi connectivity index (χ1v) is 8.87. The zero-order chi connectivity index (χ0) is 21.4. The van der Waals surface area contributed by atoms with Gasteiger partial charge in [0, 0.05) is 13.8 Å². The topological polar surface area (TPSA) is 161 Å². The molecule has 1 aliphatic rings. The van der Waals surface area contributed by atoms with Gasteiger partial charge in [-0.25, -0.2) is 19.2 Å². The molecule has 0 unspecified atom stereocenters. The summed E-state index contributed by atoms with van der Waals surface area (Å²) in [4.78, 5) is 62.0. The van der Waals surface area contributed by atoms with Crippen LogP contribution in [0.2, 0.25) is 0 Å². The van der Waals surface area contributed by atoms with Gasteiger partial charge in [-0.3, -0.25) is 9.59 Å². The van der Waals surface area contributed by atoms with Gasteiger partial charge in [0.05, 0.1) is 11.1 Å². The fourth-order valence-electron chi connectivity index (χ4n) is 1.66. The van der Waals surface area contributed by atoms with Crippen LogP contribution >= 0.6 is 22.7 Å². The van der Waals surface area contributed by atoms with Gasteiger partial charge in [0.25, 0.3) is 0 Å². The molecule has 148 valence electrons. The number of ether oxygens (including phenoxy) is 2. The Morgan fingerprint density at radius 1 is 0.893 bits per heavy atom. The van der Waals surface area contributed by atoms with Gasteiger partial charge in [0.1, 0.15) is 9.75 Å². The Hall–Kier alpha value is -3.38. The van der Waals surface area contributed by atoms with E-state index in [0.717, 1.165) is 11.3 Å². The monoisotopic (exact) mass is 428 g/mol. The molecule has 0 atom stereocenters. The molecule has 0 amide bonds. The van der Waals surface area contributed by atoms with Crippen LogP contribution in [0, 0.1) is 0 Å². The van der Waals surface area contributed by atoms with Gasteiger partial charge in [-0.2, -0.15) is 0 Å². The van der Waals surface area contributed by atoms with Crippen LogP contribution in [0.4, 0.5) is 0 Å². The number of carbonyl (C=O) groups is 6. The molecule has 0 aromatic carbocycles. The van der Waals surface area contributed by atoms with Gasteiger partial charge < -0.3 is 19.7 Å². The lowest BCUT2D eigenvalue weighted by Gasteiger charge is -1.89. The predicted molar refractivity (Wildman–Crippen MR) is 94.7 cm³/mol. The SMILES string of the molecule is CC(=O)OC(C)=O.O=C(O)c1ccsc1C(=O)O.O=C1OC(=O)c2sccc21. The molecule has 12 heteroatoms. The number of hydrogen-bond donors (Lipinski definition) is 2. The number of cyclic esters (lactones) is 2. The van der Waals surface area contributed by atoms with Gasteiger partial charge in [0.15, 0.2) is 0 Å². The van der Waals surface area contributed by atoms with E-state index in [1.165, 1.54) is 36.6 Å². The highest BCUT2D eigenvalue weighted by atomic mass is 32.1. The molecule has 28 heavy (non-hydrogen) atoms. The molecular formula is C16H12O10S2. The minimum Gasteiger partial charge on any atom is -0.478 e. The molecule has 0 saturated carbocycles. The Balaban J connectivity index is 0.000000216. The fourth-order valence-corrected chi connectivity index (χ4v) is 3.14. The van der Waals surface area contributed by atoms with Crippen LogP contribution in [0.1, 0.15) is 53.9 Å². The highest BCUT2D eigenvalue weighted by molar-refractivity contribution is 7.12. The number of aromatic carboxylic acids is 2. The molecule has 0 spiro atoms. The first-order valence-electron chi connectivity index (χ1n) is 7.11. The molecule has 0 aliphatic carbocycles. The summed E-state index contributed by atoms with van der Waals surface area (Å²) >= 11 is 2.13. The van der Waals surface area contributed by atoms with E-state index in [9.17, 15) is 28.8 Å². The summed E-state index contributed by atoms with van der Waals surface area (Å²) in [6.07, 6.45) is 0. The summed E-state index contributed by atoms with van der Waals surface area (Å²) < 4.78 is 8.28. The lowest BCUT2D eigenvalue weighted by molar-refractivity contribution is -0.156. The van der Waals surface area contributed by atoms with Crippen LogP contribution in [0.5, 0.6) is 0 Å². The van der Waals surface area contributed by atoms with Crippen molar-refractivity contribution >= 4 is 58.5 Å². The number of thiophene rings is 2. The average Bonchev–Trinajstić information content (AvgIpc) is 3.27. The second-order valence-corrected chi connectivity index (χ2v) is 6.53. The van der Waals surface area contributed by atoms with E-state index < -0.39 is 35.8 Å². The minimum absolute atomic E-state index is 0.127. The Morgan fingerprint density at radius 3 is 1.86 bits per heavy atom. The quantitative estimate of drug-likeness (QED) is 0.536. The zero-order valence-corrected chi connectivity index (χ0v) is 15.9. The van der Waals surface area contributed by atoms with Crippen molar-refractivity contribution in [2.24, 2.45) is 0 Å². The number of carboxylic acid groups (broad SMARTS) is 2. The molecule has 3 heterocycles. The van der Waals surface area contributed by atoms with Gasteiger partial charge >= 0.3 is 35.8 Å². The van der Waals surface area contributed by atoms with Crippen LogP contribution < -0.4 is 0 Å². The lowest BCUT2D eigenvalue weighted by atomic mass is 10.2. The van der Waals surface area contributed by atoms with Crippen molar-refractivity contribution in [1.82, 2.24) is 0 Å². The Bertz CT molecular complexity index is 868. The summed E-state index contributed by atoms with van der Waals surface area (Å²) in [5.74, 6) is -4.57. The second-order valence-electron chi connectivity index (χ2n) is 4.70. The van der Waals surface area contributed by atoms with E-state index >= 15 is 0 Å². The highest BCUT2D eigenvalue weighted by Crippen LogP contribution is 2.24. The maximum atomic E-state index is 10.7. The van der Waals surface area contributed by atoms with Crippen molar-refractivity contribution in [3.63, 3.8) is 0 Å². The first kappa shape index (κ1) is 22.7. The standard InChI is InChI=1S/C6H4O4S.C6H2O3S.C4H6O3/c7-5(8)3-1-2-11-4(3)6(9)10;7-5-3-1-2-10-4(3)6(8)9-5;1-3(5)7-4(2)6/h1-2H,(H,7,8)(H,9,10);1-2H;1-2H3. The van der Waals surface area contributed by atoms with E-state index in [-0.39, 0.29) is 10.4 Å². The van der Waals surface area contributed by atoms with Crippen LogP contribution in [0.3, 0.4) is 0 Å². The number of esters is 4. The van der Waals surface area contributed by atoms with Gasteiger partial charge in [0.2, 0.25) is 0 Å². The molecule has 0 fully saturated rings. The van der Waals surface area contributed by atoms with Crippen molar-refractivity contribution in [2.75, 3.05) is 0 Å². The largest absolute Gasteiger partial charge is 0.478 e. The molecule has 2 aromatic heterocycles. The van der Waals surface area contributed by atoms with Crippen LogP contribution in [0.15, 0.2) is 22.9 Å². The van der Waals surface area contributed by atoms with Crippen LogP contribution in [-0.4, -0.2) is 46.0 Å². The maximum Gasteiger partial charge on any atom is 0.357 e. The molecule has 2 aromatic rings. The second kappa shape index (κ2) is 10.1. The molecule has 0 radical (unpaired) electrons. The third kappa shape index (κ3) is 6.41. The molecule has 2 N–H and O–H groups in total. The molecule has 0 bridgehead atoms. The molecule has 1 aliphatic heterocycles. The smallest absolute Gasteiger partial charge is 0.357 e. The summed E-state index contributed by atoms with van der Waals surface area (Å²) in [5, 5.41) is 20.0. The summed E-state index contributed by atoms with van der Waals surface area (Å²) in [6.45, 7) is 2.36. The highest BCUT2D eigenvalue weighted by Gasteiger charge is 2.30. The Kier molecular flexibility index (Phi) is 8.16. The van der Waals surface area contributed by atoms with E-state index in [0.29, 0.717) is 10.4 Å². The van der Waals surface area contributed by atoms with E-state index in [1.807, 2.05) is 0 Å². The molecule has 0 saturated heterocycles.